The molecular weight excluding hydrogens is 279 g/mol. The van der Waals surface area contributed by atoms with E-state index in [9.17, 15) is 4.79 Å². The molecule has 0 aromatic rings. The normalized spacial score (nSPS) is 10.4. The molecule has 0 spiro atoms. The van der Waals surface area contributed by atoms with Gasteiger partial charge in [0.25, 0.3) is 0 Å². The topological polar surface area (TPSA) is 29.5 Å². The molecule has 1 amide bonds. The molecule has 0 atom stereocenters. The standard InChI is InChI=1S/C11H20NO2.ClH.Zn/c1-6-7-8-14-11(13)12(9(2)3)10(4)5;;/h7,9-10H,6H2,1-5H3;1H;/q-1;;+2/p-1. The van der Waals surface area contributed by atoms with Crippen molar-refractivity contribution in [3.05, 3.63) is 12.3 Å². The predicted octanol–water partition coefficient (Wildman–Crippen LogP) is 3.66. The first-order valence-electron chi connectivity index (χ1n) is 5.33. The van der Waals surface area contributed by atoms with E-state index < -0.39 is 0 Å². The van der Waals surface area contributed by atoms with Gasteiger partial charge in [0.15, 0.2) is 0 Å². The number of carbonyl (C=O) groups is 1. The van der Waals surface area contributed by atoms with Gasteiger partial charge in [-0.3, -0.25) is 0 Å². The van der Waals surface area contributed by atoms with Gasteiger partial charge in [0, 0.05) is 12.1 Å². The van der Waals surface area contributed by atoms with E-state index in [1.807, 2.05) is 34.6 Å². The summed E-state index contributed by atoms with van der Waals surface area (Å²) in [7, 11) is 4.76. The zero-order valence-corrected chi connectivity index (χ0v) is 14.5. The Labute approximate surface area is 113 Å². The Balaban J connectivity index is 0. The number of rotatable bonds is 4. The third-order valence-corrected chi connectivity index (χ3v) is 1.76. The van der Waals surface area contributed by atoms with Gasteiger partial charge in [0.2, 0.25) is 6.09 Å². The summed E-state index contributed by atoms with van der Waals surface area (Å²) in [6, 6.07) is 0.289. The van der Waals surface area contributed by atoms with Crippen LogP contribution >= 0.6 is 9.69 Å². The van der Waals surface area contributed by atoms with Crippen molar-refractivity contribution in [1.82, 2.24) is 4.90 Å². The second kappa shape index (κ2) is 11.4. The molecule has 0 bridgehead atoms. The van der Waals surface area contributed by atoms with E-state index in [1.165, 1.54) is 0 Å². The van der Waals surface area contributed by atoms with Crippen molar-refractivity contribution in [2.24, 2.45) is 0 Å². The van der Waals surface area contributed by atoms with Crippen LogP contribution in [0.2, 0.25) is 0 Å². The number of carbonyl (C=O) groups excluding carboxylic acids is 1. The maximum atomic E-state index is 11.5. The third kappa shape index (κ3) is 8.12. The van der Waals surface area contributed by atoms with Gasteiger partial charge in [-0.15, -0.1) is 6.08 Å². The van der Waals surface area contributed by atoms with Crippen LogP contribution in [0.25, 0.3) is 0 Å². The van der Waals surface area contributed by atoms with Crippen LogP contribution in [0.15, 0.2) is 6.08 Å². The Kier molecular flexibility index (Phi) is 13.0. The van der Waals surface area contributed by atoms with Crippen LogP contribution in [0.4, 0.5) is 4.79 Å². The maximum absolute atomic E-state index is 11.5. The Hall–Kier alpha value is -0.0766. The van der Waals surface area contributed by atoms with Crippen molar-refractivity contribution < 1.29 is 26.8 Å². The van der Waals surface area contributed by atoms with Gasteiger partial charge < -0.3 is 14.4 Å². The first-order chi connectivity index (χ1) is 7.50. The summed E-state index contributed by atoms with van der Waals surface area (Å²) in [6.45, 7) is 9.81. The number of hydrogen-bond acceptors (Lipinski definition) is 2. The Morgan fingerprint density at radius 2 is 1.81 bits per heavy atom. The van der Waals surface area contributed by atoms with Crippen LogP contribution in [0.3, 0.4) is 0 Å². The molecule has 90 valence electrons. The van der Waals surface area contributed by atoms with Crippen molar-refractivity contribution in [3.8, 4) is 0 Å². The van der Waals surface area contributed by atoms with Crippen molar-refractivity contribution in [3.63, 3.8) is 0 Å². The van der Waals surface area contributed by atoms with Gasteiger partial charge in [0.1, 0.15) is 0 Å². The van der Waals surface area contributed by atoms with Crippen molar-refractivity contribution in [2.45, 2.75) is 53.1 Å². The van der Waals surface area contributed by atoms with Crippen LogP contribution in [-0.2, 0) is 22.0 Å². The van der Waals surface area contributed by atoms with Crippen LogP contribution in [-0.4, -0.2) is 23.1 Å². The minimum atomic E-state index is -0.334. The zero-order chi connectivity index (χ0) is 13.1. The van der Waals surface area contributed by atoms with Gasteiger partial charge in [-0.05, 0) is 27.7 Å². The van der Waals surface area contributed by atoms with Gasteiger partial charge in [-0.25, -0.2) is 0 Å². The molecule has 0 saturated heterocycles. The quantitative estimate of drug-likeness (QED) is 0.450. The number of amides is 1. The molecule has 0 aliphatic rings. The second-order valence-corrected chi connectivity index (χ2v) is 3.69. The summed E-state index contributed by atoms with van der Waals surface area (Å²) >= 11 is 0.847. The van der Waals surface area contributed by atoms with Gasteiger partial charge >= 0.3 is 27.0 Å². The first-order valence-corrected chi connectivity index (χ1v) is 9.23. The molecular formula is C11H20ClNO2Zn. The fourth-order valence-electron chi connectivity index (χ4n) is 1.25. The molecule has 0 aromatic heterocycles. The molecule has 0 aromatic carbocycles. The molecule has 16 heavy (non-hydrogen) atoms. The number of ether oxygens (including phenoxy) is 1. The van der Waals surface area contributed by atoms with Crippen LogP contribution in [0, 0.1) is 6.26 Å². The second-order valence-electron chi connectivity index (χ2n) is 3.69. The molecule has 0 N–H and O–H groups in total. The molecule has 0 aliphatic heterocycles. The van der Waals surface area contributed by atoms with Crippen molar-refractivity contribution in [1.29, 1.82) is 0 Å². The van der Waals surface area contributed by atoms with Crippen LogP contribution < -0.4 is 0 Å². The average molecular weight is 299 g/mol. The number of hydrogen-bond donors (Lipinski definition) is 0. The monoisotopic (exact) mass is 297 g/mol. The number of allylic oxidation sites excluding steroid dienone is 1. The van der Waals surface area contributed by atoms with Gasteiger partial charge in [0.05, 0.1) is 0 Å². The van der Waals surface area contributed by atoms with E-state index >= 15 is 0 Å². The van der Waals surface area contributed by atoms with Crippen LogP contribution in [0.5, 0.6) is 0 Å². The Morgan fingerprint density at radius 1 is 1.38 bits per heavy atom. The fraction of sp³-hybridized carbons (Fsp3) is 0.727. The van der Waals surface area contributed by atoms with E-state index in [2.05, 4.69) is 6.26 Å². The first kappa shape index (κ1) is 18.3. The number of halogens is 1. The molecule has 3 nitrogen and oxygen atoms in total. The molecule has 5 heteroatoms. The minimum absolute atomic E-state index is 0.144. The summed E-state index contributed by atoms with van der Waals surface area (Å²) in [4.78, 5) is 13.2. The van der Waals surface area contributed by atoms with Gasteiger partial charge in [-0.2, -0.15) is 0 Å². The van der Waals surface area contributed by atoms with Crippen molar-refractivity contribution in [2.75, 3.05) is 0 Å². The third-order valence-electron chi connectivity index (χ3n) is 1.76. The fourth-order valence-corrected chi connectivity index (χ4v) is 1.25. The average Bonchev–Trinajstić information content (AvgIpc) is 2.20. The Bertz CT molecular complexity index is 200. The van der Waals surface area contributed by atoms with E-state index in [0.717, 1.165) is 23.7 Å². The molecule has 0 heterocycles. The van der Waals surface area contributed by atoms with Crippen LogP contribution in [0.1, 0.15) is 41.0 Å². The van der Waals surface area contributed by atoms with E-state index in [0.29, 0.717) is 0 Å². The molecule has 0 saturated carbocycles. The van der Waals surface area contributed by atoms with E-state index in [1.54, 1.807) is 11.0 Å². The molecule has 0 rings (SSSR count). The Morgan fingerprint density at radius 3 is 2.12 bits per heavy atom. The molecule has 0 unspecified atom stereocenters. The number of nitrogens with zero attached hydrogens (tertiary/aromatic N) is 1. The van der Waals surface area contributed by atoms with Gasteiger partial charge in [-0.1, -0.05) is 19.6 Å². The van der Waals surface area contributed by atoms with E-state index in [4.69, 9.17) is 14.4 Å². The predicted molar refractivity (Wildman–Crippen MR) is 62.5 cm³/mol. The van der Waals surface area contributed by atoms with E-state index in [-0.39, 0.29) is 18.2 Å². The SMILES string of the molecule is CCC=[C-]OC(=O)N(C(C)C)C(C)C.[Cl][Zn+]. The van der Waals surface area contributed by atoms with Crippen molar-refractivity contribution >= 4 is 15.8 Å². The summed E-state index contributed by atoms with van der Waals surface area (Å²) in [5, 5.41) is 0. The summed E-state index contributed by atoms with van der Waals surface area (Å²) < 4.78 is 4.85. The summed E-state index contributed by atoms with van der Waals surface area (Å²) in [5.74, 6) is 0. The molecule has 0 radical (unpaired) electrons. The zero-order valence-electron chi connectivity index (χ0n) is 10.8. The summed E-state index contributed by atoms with van der Waals surface area (Å²) in [5.41, 5.74) is 0. The molecule has 0 fully saturated rings. The summed E-state index contributed by atoms with van der Waals surface area (Å²) in [6.07, 6.45) is 4.68. The molecule has 0 aliphatic carbocycles.